The topological polar surface area (TPSA) is 28.2 Å². The van der Waals surface area contributed by atoms with E-state index in [1.165, 1.54) is 30.8 Å². The van der Waals surface area contributed by atoms with E-state index in [4.69, 9.17) is 4.98 Å². The molecule has 0 unspecified atom stereocenters. The molecule has 0 radical (unpaired) electrons. The minimum Gasteiger partial charge on any atom is -0.348 e. The Balaban J connectivity index is 1.91. The van der Waals surface area contributed by atoms with E-state index in [0.717, 1.165) is 12.2 Å². The summed E-state index contributed by atoms with van der Waals surface area (Å²) in [6, 6.07) is 0.660. The van der Waals surface area contributed by atoms with Crippen LogP contribution in [0.3, 0.4) is 0 Å². The van der Waals surface area contributed by atoms with Crippen LogP contribution in [0.25, 0.3) is 0 Å². The summed E-state index contributed by atoms with van der Waals surface area (Å²) in [7, 11) is 2.21. The van der Waals surface area contributed by atoms with Gasteiger partial charge in [-0.2, -0.15) is 0 Å². The number of hydrogen-bond donors (Lipinski definition) is 1. The second kappa shape index (κ2) is 6.25. The Morgan fingerprint density at radius 3 is 2.52 bits per heavy atom. The van der Waals surface area contributed by atoms with Crippen LogP contribution in [-0.2, 0) is 6.54 Å². The van der Waals surface area contributed by atoms with Crippen molar-refractivity contribution in [3.05, 3.63) is 11.1 Å². The first-order valence-corrected chi connectivity index (χ1v) is 8.97. The predicted molar refractivity (Wildman–Crippen MR) is 93.1 cm³/mol. The van der Waals surface area contributed by atoms with Gasteiger partial charge < -0.3 is 10.2 Å². The lowest BCUT2D eigenvalue weighted by Crippen LogP contribution is -2.37. The molecule has 0 amide bonds. The number of hydrogen-bond acceptors (Lipinski definition) is 4. The van der Waals surface area contributed by atoms with E-state index in [2.05, 4.69) is 57.3 Å². The Morgan fingerprint density at radius 1 is 1.33 bits per heavy atom. The maximum Gasteiger partial charge on any atom is 0.185 e. The van der Waals surface area contributed by atoms with Crippen molar-refractivity contribution in [3.63, 3.8) is 0 Å². The summed E-state index contributed by atoms with van der Waals surface area (Å²) in [6.07, 6.45) is 5.23. The second-order valence-corrected chi connectivity index (χ2v) is 9.07. The van der Waals surface area contributed by atoms with Crippen molar-refractivity contribution in [2.75, 3.05) is 11.9 Å². The molecule has 120 valence electrons. The highest BCUT2D eigenvalue weighted by Crippen LogP contribution is 2.38. The van der Waals surface area contributed by atoms with Crippen LogP contribution in [0, 0.1) is 5.41 Å². The van der Waals surface area contributed by atoms with Crippen LogP contribution < -0.4 is 10.2 Å². The summed E-state index contributed by atoms with van der Waals surface area (Å²) >= 11 is 1.78. The Labute approximate surface area is 134 Å². The monoisotopic (exact) mass is 309 g/mol. The van der Waals surface area contributed by atoms with E-state index in [1.807, 2.05) is 0 Å². The molecule has 0 spiro atoms. The lowest BCUT2D eigenvalue weighted by atomic mass is 9.75. The summed E-state index contributed by atoms with van der Waals surface area (Å²) < 4.78 is 0. The number of thiazole rings is 1. The fourth-order valence-electron chi connectivity index (χ4n) is 2.82. The highest BCUT2D eigenvalue weighted by Gasteiger charge is 2.29. The molecule has 0 aliphatic heterocycles. The third-order valence-electron chi connectivity index (χ3n) is 4.50. The fraction of sp³-hybridized carbons (Fsp3) is 0.824. The van der Waals surface area contributed by atoms with Crippen LogP contribution in [0.4, 0.5) is 5.13 Å². The van der Waals surface area contributed by atoms with E-state index >= 15 is 0 Å². The van der Waals surface area contributed by atoms with Crippen LogP contribution >= 0.6 is 11.3 Å². The SMILES string of the molecule is CN(c1nc(CNC(C)(C)C)cs1)C1CCC(C)(C)CC1. The first-order chi connectivity index (χ1) is 9.66. The number of aromatic nitrogens is 1. The summed E-state index contributed by atoms with van der Waals surface area (Å²) in [5.41, 5.74) is 1.83. The molecule has 0 bridgehead atoms. The summed E-state index contributed by atoms with van der Waals surface area (Å²) in [5.74, 6) is 0. The van der Waals surface area contributed by atoms with Gasteiger partial charge in [0.1, 0.15) is 0 Å². The highest BCUT2D eigenvalue weighted by molar-refractivity contribution is 7.13. The first-order valence-electron chi connectivity index (χ1n) is 8.09. The molecule has 1 aromatic rings. The van der Waals surface area contributed by atoms with Crippen molar-refractivity contribution >= 4 is 16.5 Å². The molecule has 2 rings (SSSR count). The molecule has 4 heteroatoms. The smallest absolute Gasteiger partial charge is 0.185 e. The highest BCUT2D eigenvalue weighted by atomic mass is 32.1. The minimum atomic E-state index is 0.143. The first kappa shape index (κ1) is 16.8. The molecule has 1 fully saturated rings. The van der Waals surface area contributed by atoms with Gasteiger partial charge in [-0.05, 0) is 51.9 Å². The molecular weight excluding hydrogens is 278 g/mol. The van der Waals surface area contributed by atoms with Gasteiger partial charge in [-0.15, -0.1) is 11.3 Å². The van der Waals surface area contributed by atoms with Crippen LogP contribution in [0.1, 0.15) is 66.0 Å². The maximum atomic E-state index is 4.81. The summed E-state index contributed by atoms with van der Waals surface area (Å²) in [6.45, 7) is 12.2. The Bertz CT molecular complexity index is 449. The maximum absolute atomic E-state index is 4.81. The van der Waals surface area contributed by atoms with Gasteiger partial charge in [0, 0.05) is 30.6 Å². The van der Waals surface area contributed by atoms with E-state index in [-0.39, 0.29) is 5.54 Å². The molecule has 1 N–H and O–H groups in total. The summed E-state index contributed by atoms with van der Waals surface area (Å²) in [4.78, 5) is 7.21. The molecule has 0 atom stereocenters. The predicted octanol–water partition coefficient (Wildman–Crippen LogP) is 4.44. The molecular formula is C17H31N3S. The largest absolute Gasteiger partial charge is 0.348 e. The number of anilines is 1. The molecule has 21 heavy (non-hydrogen) atoms. The molecule has 1 aromatic heterocycles. The van der Waals surface area contributed by atoms with Crippen molar-refractivity contribution < 1.29 is 0 Å². The Hall–Kier alpha value is -0.610. The Kier molecular flexibility index (Phi) is 4.99. The summed E-state index contributed by atoms with van der Waals surface area (Å²) in [5, 5.41) is 6.87. The van der Waals surface area contributed by atoms with Gasteiger partial charge >= 0.3 is 0 Å². The molecule has 3 nitrogen and oxygen atoms in total. The van der Waals surface area contributed by atoms with E-state index in [9.17, 15) is 0 Å². The average molecular weight is 310 g/mol. The molecule has 1 heterocycles. The number of nitrogens with one attached hydrogen (secondary N) is 1. The zero-order chi connectivity index (χ0) is 15.7. The molecule has 1 aliphatic rings. The molecule has 1 saturated carbocycles. The van der Waals surface area contributed by atoms with Crippen LogP contribution in [0.2, 0.25) is 0 Å². The van der Waals surface area contributed by atoms with Crippen molar-refractivity contribution in [2.45, 2.75) is 78.4 Å². The van der Waals surface area contributed by atoms with E-state index < -0.39 is 0 Å². The van der Waals surface area contributed by atoms with Crippen molar-refractivity contribution in [1.29, 1.82) is 0 Å². The van der Waals surface area contributed by atoms with Crippen molar-refractivity contribution in [1.82, 2.24) is 10.3 Å². The quantitative estimate of drug-likeness (QED) is 0.891. The van der Waals surface area contributed by atoms with Gasteiger partial charge in [0.25, 0.3) is 0 Å². The zero-order valence-electron chi connectivity index (χ0n) is 14.5. The van der Waals surface area contributed by atoms with Crippen molar-refractivity contribution in [3.8, 4) is 0 Å². The number of rotatable bonds is 4. The molecule has 1 aliphatic carbocycles. The third kappa shape index (κ3) is 4.96. The lowest BCUT2D eigenvalue weighted by Gasteiger charge is -2.38. The fourth-order valence-corrected chi connectivity index (χ4v) is 3.69. The molecule has 0 aromatic carbocycles. The number of nitrogens with zero attached hydrogens (tertiary/aromatic N) is 2. The third-order valence-corrected chi connectivity index (χ3v) is 5.48. The van der Waals surface area contributed by atoms with Gasteiger partial charge in [-0.1, -0.05) is 13.8 Å². The van der Waals surface area contributed by atoms with Crippen LogP contribution in [0.5, 0.6) is 0 Å². The minimum absolute atomic E-state index is 0.143. The normalized spacial score (nSPS) is 19.7. The zero-order valence-corrected chi connectivity index (χ0v) is 15.3. The Morgan fingerprint density at radius 2 is 1.95 bits per heavy atom. The van der Waals surface area contributed by atoms with Gasteiger partial charge in [0.2, 0.25) is 0 Å². The van der Waals surface area contributed by atoms with Gasteiger partial charge in [-0.25, -0.2) is 4.98 Å². The van der Waals surface area contributed by atoms with Crippen LogP contribution in [0.15, 0.2) is 5.38 Å². The van der Waals surface area contributed by atoms with Gasteiger partial charge in [-0.3, -0.25) is 0 Å². The van der Waals surface area contributed by atoms with E-state index in [1.54, 1.807) is 11.3 Å². The second-order valence-electron chi connectivity index (χ2n) is 8.23. The van der Waals surface area contributed by atoms with Crippen LogP contribution in [-0.4, -0.2) is 23.6 Å². The van der Waals surface area contributed by atoms with Gasteiger partial charge in [0.05, 0.1) is 5.69 Å². The van der Waals surface area contributed by atoms with Crippen molar-refractivity contribution in [2.24, 2.45) is 5.41 Å². The van der Waals surface area contributed by atoms with Gasteiger partial charge in [0.15, 0.2) is 5.13 Å². The molecule has 0 saturated heterocycles. The standard InChI is InChI=1S/C17H31N3S/c1-16(2,3)18-11-13-12-21-15(19-13)20(6)14-7-9-17(4,5)10-8-14/h12,14,18H,7-11H2,1-6H3. The lowest BCUT2D eigenvalue weighted by molar-refractivity contribution is 0.222. The van der Waals surface area contributed by atoms with E-state index in [0.29, 0.717) is 11.5 Å². The average Bonchev–Trinajstić information content (AvgIpc) is 2.83.